The van der Waals surface area contributed by atoms with E-state index in [9.17, 15) is 14.4 Å². The van der Waals surface area contributed by atoms with Crippen LogP contribution in [0.3, 0.4) is 0 Å². The molecule has 2 aromatic carbocycles. The predicted molar refractivity (Wildman–Crippen MR) is 118 cm³/mol. The van der Waals surface area contributed by atoms with E-state index in [4.69, 9.17) is 4.74 Å². The first kappa shape index (κ1) is 20.8. The van der Waals surface area contributed by atoms with Crippen molar-refractivity contribution >= 4 is 34.7 Å². The van der Waals surface area contributed by atoms with E-state index in [1.807, 2.05) is 29.2 Å². The van der Waals surface area contributed by atoms with Crippen molar-refractivity contribution in [2.45, 2.75) is 20.3 Å². The number of aryl methyl sites for hydroxylation is 1. The second-order valence-corrected chi connectivity index (χ2v) is 7.55. The molecule has 0 aromatic heterocycles. The Morgan fingerprint density at radius 3 is 2.19 bits per heavy atom. The molecule has 1 saturated heterocycles. The summed E-state index contributed by atoms with van der Waals surface area (Å²) in [7, 11) is 0. The standard InChI is InChI=1S/C24H25N3O4/c1-3-17-4-10-20(11-5-17)27-23(29)21(18-6-8-19(9-7-18)25-16(2)28)22(24(27)30)26-12-14-31-15-13-26/h4-11H,3,12-15H2,1-2H3,(H,25,28). The summed E-state index contributed by atoms with van der Waals surface area (Å²) < 4.78 is 5.44. The van der Waals surface area contributed by atoms with Crippen molar-refractivity contribution in [1.82, 2.24) is 4.90 Å². The molecule has 4 rings (SSSR count). The number of nitrogens with zero attached hydrogens (tertiary/aromatic N) is 2. The number of nitrogens with one attached hydrogen (secondary N) is 1. The minimum Gasteiger partial charge on any atom is -0.378 e. The first-order valence-electron chi connectivity index (χ1n) is 10.4. The molecule has 0 atom stereocenters. The summed E-state index contributed by atoms with van der Waals surface area (Å²) in [5.41, 5.74) is 3.75. The third-order valence-electron chi connectivity index (χ3n) is 5.48. The Balaban J connectivity index is 1.75. The zero-order valence-corrected chi connectivity index (χ0v) is 17.7. The highest BCUT2D eigenvalue weighted by Gasteiger charge is 2.42. The Morgan fingerprint density at radius 2 is 1.61 bits per heavy atom. The van der Waals surface area contributed by atoms with Crippen LogP contribution in [-0.2, 0) is 25.5 Å². The SMILES string of the molecule is CCc1ccc(N2C(=O)C(c3ccc(NC(C)=O)cc3)=C(N3CCOCC3)C2=O)cc1. The average molecular weight is 419 g/mol. The molecule has 2 aromatic rings. The van der Waals surface area contributed by atoms with Gasteiger partial charge < -0.3 is 15.0 Å². The number of anilines is 2. The van der Waals surface area contributed by atoms with Crippen LogP contribution in [0.4, 0.5) is 11.4 Å². The normalized spacial score (nSPS) is 16.8. The van der Waals surface area contributed by atoms with Gasteiger partial charge in [-0.3, -0.25) is 14.4 Å². The smallest absolute Gasteiger partial charge is 0.282 e. The third-order valence-corrected chi connectivity index (χ3v) is 5.48. The molecule has 0 unspecified atom stereocenters. The van der Waals surface area contributed by atoms with Crippen molar-refractivity contribution in [3.8, 4) is 0 Å². The highest BCUT2D eigenvalue weighted by atomic mass is 16.5. The largest absolute Gasteiger partial charge is 0.378 e. The van der Waals surface area contributed by atoms with Gasteiger partial charge in [0.2, 0.25) is 5.91 Å². The lowest BCUT2D eigenvalue weighted by atomic mass is 10.0. The lowest BCUT2D eigenvalue weighted by molar-refractivity contribution is -0.121. The van der Waals surface area contributed by atoms with Crippen LogP contribution in [0.1, 0.15) is 25.0 Å². The number of hydrogen-bond acceptors (Lipinski definition) is 5. The van der Waals surface area contributed by atoms with E-state index < -0.39 is 0 Å². The molecule has 1 fully saturated rings. The third kappa shape index (κ3) is 4.09. The van der Waals surface area contributed by atoms with Gasteiger partial charge in [-0.05, 0) is 41.8 Å². The zero-order chi connectivity index (χ0) is 22.0. The molecule has 2 aliphatic rings. The van der Waals surface area contributed by atoms with Crippen LogP contribution in [0.5, 0.6) is 0 Å². The molecule has 3 amide bonds. The summed E-state index contributed by atoms with van der Waals surface area (Å²) in [6.07, 6.45) is 0.880. The molecule has 0 saturated carbocycles. The molecule has 31 heavy (non-hydrogen) atoms. The fraction of sp³-hybridized carbons (Fsp3) is 0.292. The van der Waals surface area contributed by atoms with Crippen molar-refractivity contribution in [2.75, 3.05) is 36.5 Å². The van der Waals surface area contributed by atoms with Gasteiger partial charge in [0.25, 0.3) is 11.8 Å². The van der Waals surface area contributed by atoms with Crippen LogP contribution in [0.2, 0.25) is 0 Å². The Kier molecular flexibility index (Phi) is 5.86. The number of amides is 3. The van der Waals surface area contributed by atoms with E-state index in [0.717, 1.165) is 12.0 Å². The van der Waals surface area contributed by atoms with E-state index in [1.165, 1.54) is 11.8 Å². The molecule has 160 valence electrons. The van der Waals surface area contributed by atoms with Crippen molar-refractivity contribution in [1.29, 1.82) is 0 Å². The van der Waals surface area contributed by atoms with Gasteiger partial charge in [-0.25, -0.2) is 4.90 Å². The Morgan fingerprint density at radius 1 is 0.968 bits per heavy atom. The van der Waals surface area contributed by atoms with Crippen molar-refractivity contribution < 1.29 is 19.1 Å². The maximum absolute atomic E-state index is 13.5. The lowest BCUT2D eigenvalue weighted by Crippen LogP contribution is -2.40. The minimum absolute atomic E-state index is 0.171. The van der Waals surface area contributed by atoms with Crippen LogP contribution in [0, 0.1) is 0 Å². The molecule has 0 bridgehead atoms. The Hall–Kier alpha value is -3.45. The molecule has 2 heterocycles. The summed E-state index contributed by atoms with van der Waals surface area (Å²) in [5.74, 6) is -0.838. The fourth-order valence-corrected chi connectivity index (χ4v) is 3.90. The maximum atomic E-state index is 13.5. The monoisotopic (exact) mass is 419 g/mol. The maximum Gasteiger partial charge on any atom is 0.282 e. The topological polar surface area (TPSA) is 79.0 Å². The Bertz CT molecular complexity index is 1040. The molecule has 7 nitrogen and oxygen atoms in total. The summed E-state index contributed by atoms with van der Waals surface area (Å²) >= 11 is 0. The van der Waals surface area contributed by atoms with E-state index in [-0.39, 0.29) is 17.7 Å². The van der Waals surface area contributed by atoms with Gasteiger partial charge in [0.05, 0.1) is 24.5 Å². The van der Waals surface area contributed by atoms with E-state index in [1.54, 1.807) is 24.3 Å². The summed E-state index contributed by atoms with van der Waals surface area (Å²) in [6.45, 7) is 5.60. The van der Waals surface area contributed by atoms with Gasteiger partial charge in [0, 0.05) is 25.7 Å². The average Bonchev–Trinajstić information content (AvgIpc) is 3.04. The number of benzene rings is 2. The van der Waals surface area contributed by atoms with Crippen molar-refractivity contribution in [3.05, 3.63) is 65.4 Å². The fourth-order valence-electron chi connectivity index (χ4n) is 3.90. The predicted octanol–water partition coefficient (Wildman–Crippen LogP) is 2.82. The molecular weight excluding hydrogens is 394 g/mol. The molecule has 0 radical (unpaired) electrons. The number of carbonyl (C=O) groups excluding carboxylic acids is 3. The molecule has 1 N–H and O–H groups in total. The number of hydrogen-bond donors (Lipinski definition) is 1. The number of ether oxygens (including phenoxy) is 1. The van der Waals surface area contributed by atoms with Crippen LogP contribution in [0.15, 0.2) is 54.2 Å². The molecule has 7 heteroatoms. The number of morpholine rings is 1. The highest BCUT2D eigenvalue weighted by molar-refractivity contribution is 6.45. The minimum atomic E-state index is -0.344. The van der Waals surface area contributed by atoms with Gasteiger partial charge in [-0.15, -0.1) is 0 Å². The number of rotatable bonds is 5. The summed E-state index contributed by atoms with van der Waals surface area (Å²) in [6, 6.07) is 14.5. The van der Waals surface area contributed by atoms with Gasteiger partial charge in [-0.2, -0.15) is 0 Å². The van der Waals surface area contributed by atoms with E-state index in [0.29, 0.717) is 54.5 Å². The highest BCUT2D eigenvalue weighted by Crippen LogP contribution is 2.35. The van der Waals surface area contributed by atoms with Gasteiger partial charge in [-0.1, -0.05) is 31.2 Å². The second kappa shape index (κ2) is 8.73. The summed E-state index contributed by atoms with van der Waals surface area (Å²) in [5, 5.41) is 2.72. The van der Waals surface area contributed by atoms with Gasteiger partial charge in [0.1, 0.15) is 5.70 Å². The van der Waals surface area contributed by atoms with Crippen molar-refractivity contribution in [2.24, 2.45) is 0 Å². The van der Waals surface area contributed by atoms with Crippen LogP contribution >= 0.6 is 0 Å². The zero-order valence-electron chi connectivity index (χ0n) is 17.7. The van der Waals surface area contributed by atoms with Crippen LogP contribution < -0.4 is 10.2 Å². The van der Waals surface area contributed by atoms with E-state index >= 15 is 0 Å². The van der Waals surface area contributed by atoms with Crippen LogP contribution in [0.25, 0.3) is 5.57 Å². The van der Waals surface area contributed by atoms with E-state index in [2.05, 4.69) is 12.2 Å². The lowest BCUT2D eigenvalue weighted by Gasteiger charge is -2.29. The molecule has 2 aliphatic heterocycles. The van der Waals surface area contributed by atoms with Crippen LogP contribution in [-0.4, -0.2) is 48.9 Å². The molecular formula is C24H25N3O4. The van der Waals surface area contributed by atoms with Gasteiger partial charge in [0.15, 0.2) is 0 Å². The van der Waals surface area contributed by atoms with Crippen molar-refractivity contribution in [3.63, 3.8) is 0 Å². The molecule has 0 spiro atoms. The Labute approximate surface area is 181 Å². The number of imide groups is 1. The first-order valence-corrected chi connectivity index (χ1v) is 10.4. The van der Waals surface area contributed by atoms with Gasteiger partial charge >= 0.3 is 0 Å². The first-order chi connectivity index (χ1) is 15.0. The summed E-state index contributed by atoms with van der Waals surface area (Å²) in [4.78, 5) is 41.5. The molecule has 0 aliphatic carbocycles. The second-order valence-electron chi connectivity index (χ2n) is 7.55. The quantitative estimate of drug-likeness (QED) is 0.754. The number of carbonyl (C=O) groups is 3.